The highest BCUT2D eigenvalue weighted by Crippen LogP contribution is 2.48. The summed E-state index contributed by atoms with van der Waals surface area (Å²) in [6.07, 6.45) is 8.91. The highest BCUT2D eigenvalue weighted by molar-refractivity contribution is 6.30. The first-order valence-corrected chi connectivity index (χ1v) is 10.1. The predicted octanol–water partition coefficient (Wildman–Crippen LogP) is 7.39. The molecule has 0 nitrogen and oxygen atoms in total. The van der Waals surface area contributed by atoms with Gasteiger partial charge in [0.25, 0.3) is 0 Å². The second kappa shape index (κ2) is 7.11. The van der Waals surface area contributed by atoms with Gasteiger partial charge in [-0.05, 0) is 90.8 Å². The van der Waals surface area contributed by atoms with Crippen molar-refractivity contribution in [3.05, 3.63) is 58.4 Å². The summed E-state index contributed by atoms with van der Waals surface area (Å²) in [5, 5.41) is 0.689. The van der Waals surface area contributed by atoms with E-state index in [4.69, 9.17) is 11.6 Å². The molecule has 1 saturated carbocycles. The van der Waals surface area contributed by atoms with E-state index in [-0.39, 0.29) is 5.82 Å². The molecular weight excluding hydrogens is 331 g/mol. The fourth-order valence-corrected chi connectivity index (χ4v) is 5.27. The molecule has 4 rings (SSSR count). The zero-order chi connectivity index (χ0) is 17.4. The van der Waals surface area contributed by atoms with Crippen LogP contribution < -0.4 is 0 Å². The van der Waals surface area contributed by atoms with E-state index in [9.17, 15) is 4.39 Å². The molecule has 0 aromatic heterocycles. The van der Waals surface area contributed by atoms with Crippen LogP contribution in [0.15, 0.2) is 36.4 Å². The van der Waals surface area contributed by atoms with Gasteiger partial charge >= 0.3 is 0 Å². The highest BCUT2D eigenvalue weighted by Gasteiger charge is 2.35. The molecule has 1 fully saturated rings. The van der Waals surface area contributed by atoms with Crippen LogP contribution in [0.2, 0.25) is 5.02 Å². The Kier molecular flexibility index (Phi) is 4.86. The average molecular weight is 357 g/mol. The van der Waals surface area contributed by atoms with E-state index in [0.717, 1.165) is 23.8 Å². The number of aryl methyl sites for hydroxylation is 1. The minimum absolute atomic E-state index is 0.0857. The van der Waals surface area contributed by atoms with Crippen molar-refractivity contribution in [3.63, 3.8) is 0 Å². The molecule has 2 aromatic carbocycles. The van der Waals surface area contributed by atoms with Crippen molar-refractivity contribution in [2.24, 2.45) is 11.8 Å². The van der Waals surface area contributed by atoms with Crippen LogP contribution >= 0.6 is 11.6 Å². The van der Waals surface area contributed by atoms with Gasteiger partial charge in [-0.1, -0.05) is 43.5 Å². The topological polar surface area (TPSA) is 0 Å². The lowest BCUT2D eigenvalue weighted by atomic mass is 9.64. The molecular formula is C23H26ClF. The van der Waals surface area contributed by atoms with Crippen LogP contribution in [0, 0.1) is 17.7 Å². The van der Waals surface area contributed by atoms with Gasteiger partial charge in [0.2, 0.25) is 0 Å². The van der Waals surface area contributed by atoms with Crippen LogP contribution in [-0.4, -0.2) is 0 Å². The summed E-state index contributed by atoms with van der Waals surface area (Å²) in [5.74, 6) is 2.15. The number of hydrogen-bond acceptors (Lipinski definition) is 0. The Morgan fingerprint density at radius 3 is 2.64 bits per heavy atom. The first-order chi connectivity index (χ1) is 12.2. The SMILES string of the molecule is CCC[C@@H]1CC[C@@H]2c3cc(F)c(-c4ccc(Cl)cc4)cc3CC[C@@H]2C1. The molecule has 2 aliphatic rings. The Hall–Kier alpha value is -1.34. The summed E-state index contributed by atoms with van der Waals surface area (Å²) in [6, 6.07) is 11.4. The Balaban J connectivity index is 1.64. The molecule has 0 N–H and O–H groups in total. The lowest BCUT2D eigenvalue weighted by molar-refractivity contribution is 0.201. The first-order valence-electron chi connectivity index (χ1n) is 9.74. The van der Waals surface area contributed by atoms with Crippen molar-refractivity contribution >= 4 is 11.6 Å². The van der Waals surface area contributed by atoms with Gasteiger partial charge in [0, 0.05) is 10.6 Å². The van der Waals surface area contributed by atoms with Gasteiger partial charge < -0.3 is 0 Å². The summed E-state index contributed by atoms with van der Waals surface area (Å²) < 4.78 is 14.9. The van der Waals surface area contributed by atoms with E-state index in [0.29, 0.717) is 16.5 Å². The van der Waals surface area contributed by atoms with E-state index in [1.807, 2.05) is 30.3 Å². The van der Waals surface area contributed by atoms with Crippen molar-refractivity contribution < 1.29 is 4.39 Å². The number of rotatable bonds is 3. The molecule has 0 aliphatic heterocycles. The van der Waals surface area contributed by atoms with E-state index in [1.165, 1.54) is 49.7 Å². The largest absolute Gasteiger partial charge is 0.206 e. The summed E-state index contributed by atoms with van der Waals surface area (Å²) in [6.45, 7) is 2.29. The molecule has 0 radical (unpaired) electrons. The molecule has 0 amide bonds. The van der Waals surface area contributed by atoms with Gasteiger partial charge in [-0.15, -0.1) is 0 Å². The normalized spacial score (nSPS) is 25.3. The van der Waals surface area contributed by atoms with Gasteiger partial charge in [0.05, 0.1) is 0 Å². The lowest BCUT2D eigenvalue weighted by Crippen LogP contribution is -2.28. The number of halogens is 2. The standard InChI is InChI=1S/C23H26ClF/c1-2-3-15-4-11-20-17(12-15)5-6-18-13-22(23(25)14-21(18)20)16-7-9-19(24)10-8-16/h7-10,13-15,17,20H,2-6,11-12H2,1H3/t15-,17-,20+/m1/s1. The fraction of sp³-hybridized carbons (Fsp3) is 0.478. The van der Waals surface area contributed by atoms with Gasteiger partial charge in [-0.2, -0.15) is 0 Å². The van der Waals surface area contributed by atoms with Crippen LogP contribution in [0.25, 0.3) is 11.1 Å². The molecule has 2 aliphatic carbocycles. The summed E-state index contributed by atoms with van der Waals surface area (Å²) in [7, 11) is 0. The average Bonchev–Trinajstić information content (AvgIpc) is 2.62. The van der Waals surface area contributed by atoms with E-state index in [1.54, 1.807) is 0 Å². The van der Waals surface area contributed by atoms with Crippen LogP contribution in [-0.2, 0) is 6.42 Å². The number of fused-ring (bicyclic) bond motifs is 3. The fourth-order valence-electron chi connectivity index (χ4n) is 5.15. The Morgan fingerprint density at radius 2 is 1.88 bits per heavy atom. The summed E-state index contributed by atoms with van der Waals surface area (Å²) >= 11 is 5.97. The third kappa shape index (κ3) is 3.36. The second-order valence-corrected chi connectivity index (χ2v) is 8.35. The van der Waals surface area contributed by atoms with Gasteiger partial charge in [0.1, 0.15) is 5.82 Å². The van der Waals surface area contributed by atoms with E-state index >= 15 is 0 Å². The molecule has 2 heteroatoms. The van der Waals surface area contributed by atoms with Crippen molar-refractivity contribution in [2.45, 2.75) is 57.8 Å². The zero-order valence-electron chi connectivity index (χ0n) is 14.9. The molecule has 132 valence electrons. The second-order valence-electron chi connectivity index (χ2n) is 7.91. The minimum Gasteiger partial charge on any atom is -0.206 e. The summed E-state index contributed by atoms with van der Waals surface area (Å²) in [4.78, 5) is 0. The molecule has 0 bridgehead atoms. The van der Waals surface area contributed by atoms with Crippen LogP contribution in [0.5, 0.6) is 0 Å². The van der Waals surface area contributed by atoms with Crippen LogP contribution in [0.1, 0.15) is 62.5 Å². The number of hydrogen-bond donors (Lipinski definition) is 0. The minimum atomic E-state index is -0.0857. The molecule has 25 heavy (non-hydrogen) atoms. The van der Waals surface area contributed by atoms with Crippen molar-refractivity contribution in [2.75, 3.05) is 0 Å². The Labute approximate surface area is 155 Å². The van der Waals surface area contributed by atoms with Crippen molar-refractivity contribution in [1.29, 1.82) is 0 Å². The molecule has 0 unspecified atom stereocenters. The Bertz CT molecular complexity index is 749. The maximum atomic E-state index is 14.9. The van der Waals surface area contributed by atoms with E-state index in [2.05, 4.69) is 13.0 Å². The Morgan fingerprint density at radius 1 is 1.08 bits per heavy atom. The molecule has 0 spiro atoms. The predicted molar refractivity (Wildman–Crippen MR) is 104 cm³/mol. The monoisotopic (exact) mass is 356 g/mol. The zero-order valence-corrected chi connectivity index (χ0v) is 15.7. The van der Waals surface area contributed by atoms with E-state index < -0.39 is 0 Å². The van der Waals surface area contributed by atoms with Crippen molar-refractivity contribution in [3.8, 4) is 11.1 Å². The first kappa shape index (κ1) is 17.1. The van der Waals surface area contributed by atoms with Gasteiger partial charge in [-0.25, -0.2) is 4.39 Å². The smallest absolute Gasteiger partial charge is 0.131 e. The molecule has 3 atom stereocenters. The van der Waals surface area contributed by atoms with Gasteiger partial charge in [0.15, 0.2) is 0 Å². The third-order valence-electron chi connectivity index (χ3n) is 6.36. The number of benzene rings is 2. The lowest BCUT2D eigenvalue weighted by Gasteiger charge is -2.41. The maximum Gasteiger partial charge on any atom is 0.131 e. The molecule has 0 heterocycles. The summed E-state index contributed by atoms with van der Waals surface area (Å²) in [5.41, 5.74) is 4.29. The molecule has 0 saturated heterocycles. The quantitative estimate of drug-likeness (QED) is 0.537. The third-order valence-corrected chi connectivity index (χ3v) is 6.61. The molecule has 2 aromatic rings. The van der Waals surface area contributed by atoms with Gasteiger partial charge in [-0.3, -0.25) is 0 Å². The van der Waals surface area contributed by atoms with Crippen molar-refractivity contribution in [1.82, 2.24) is 0 Å². The highest BCUT2D eigenvalue weighted by atomic mass is 35.5. The maximum absolute atomic E-state index is 14.9. The van der Waals surface area contributed by atoms with Crippen LogP contribution in [0.4, 0.5) is 4.39 Å². The van der Waals surface area contributed by atoms with Crippen LogP contribution in [0.3, 0.4) is 0 Å².